The van der Waals surface area contributed by atoms with Crippen LogP contribution in [0.5, 0.6) is 0 Å². The predicted octanol–water partition coefficient (Wildman–Crippen LogP) is 2.02. The minimum atomic E-state index is -1.23. The molecule has 0 aliphatic heterocycles. The number of hydrogen-bond acceptors (Lipinski definition) is 4. The standard InChI is InChI=1S/C13H26O4/c1-4-5-6-7-8-9-12(15)17-10-11(14)13(2,3)16/h11,14,16H,4-10H2,1-3H3. The van der Waals surface area contributed by atoms with Gasteiger partial charge in [-0.25, -0.2) is 0 Å². The molecule has 1 atom stereocenters. The molecule has 0 radical (unpaired) electrons. The van der Waals surface area contributed by atoms with Crippen LogP contribution in [0.15, 0.2) is 0 Å². The first-order chi connectivity index (χ1) is 7.88. The van der Waals surface area contributed by atoms with Gasteiger partial charge in [0.2, 0.25) is 0 Å². The molecule has 0 fully saturated rings. The molecule has 0 rings (SSSR count). The summed E-state index contributed by atoms with van der Waals surface area (Å²) in [6, 6.07) is 0. The van der Waals surface area contributed by atoms with Gasteiger partial charge in [0.05, 0.1) is 5.60 Å². The maximum atomic E-state index is 11.3. The third-order valence-corrected chi connectivity index (χ3v) is 2.70. The third-order valence-electron chi connectivity index (χ3n) is 2.70. The molecule has 0 aliphatic carbocycles. The fourth-order valence-corrected chi connectivity index (χ4v) is 1.32. The van der Waals surface area contributed by atoms with E-state index in [1.54, 1.807) is 0 Å². The Hall–Kier alpha value is -0.610. The Labute approximate surface area is 104 Å². The van der Waals surface area contributed by atoms with Gasteiger partial charge in [0, 0.05) is 6.42 Å². The quantitative estimate of drug-likeness (QED) is 0.482. The molecule has 2 N–H and O–H groups in total. The van der Waals surface area contributed by atoms with E-state index in [1.165, 1.54) is 26.7 Å². The molecule has 0 spiro atoms. The molecule has 0 heterocycles. The Balaban J connectivity index is 3.53. The Morgan fingerprint density at radius 2 is 1.82 bits per heavy atom. The fourth-order valence-electron chi connectivity index (χ4n) is 1.32. The van der Waals surface area contributed by atoms with Crippen LogP contribution in [-0.4, -0.2) is 34.5 Å². The second-order valence-electron chi connectivity index (χ2n) is 5.02. The summed E-state index contributed by atoms with van der Waals surface area (Å²) in [6.07, 6.45) is 4.76. The highest BCUT2D eigenvalue weighted by Crippen LogP contribution is 2.10. The van der Waals surface area contributed by atoms with E-state index in [0.29, 0.717) is 6.42 Å². The summed E-state index contributed by atoms with van der Waals surface area (Å²) in [5.74, 6) is -0.301. The normalized spacial score (nSPS) is 13.5. The average Bonchev–Trinajstić information content (AvgIpc) is 2.24. The van der Waals surface area contributed by atoms with Crippen LogP contribution in [0.3, 0.4) is 0 Å². The van der Waals surface area contributed by atoms with Crippen LogP contribution in [-0.2, 0) is 9.53 Å². The molecule has 1 unspecified atom stereocenters. The maximum absolute atomic E-state index is 11.3. The average molecular weight is 246 g/mol. The van der Waals surface area contributed by atoms with Crippen molar-refractivity contribution < 1.29 is 19.7 Å². The van der Waals surface area contributed by atoms with Crippen LogP contribution >= 0.6 is 0 Å². The lowest BCUT2D eigenvalue weighted by molar-refractivity contribution is -0.152. The summed E-state index contributed by atoms with van der Waals surface area (Å²) >= 11 is 0. The van der Waals surface area contributed by atoms with E-state index in [2.05, 4.69) is 6.92 Å². The number of esters is 1. The van der Waals surface area contributed by atoms with E-state index in [4.69, 9.17) is 4.74 Å². The van der Waals surface area contributed by atoms with Gasteiger partial charge in [0.1, 0.15) is 12.7 Å². The van der Waals surface area contributed by atoms with Crippen molar-refractivity contribution in [1.82, 2.24) is 0 Å². The van der Waals surface area contributed by atoms with Crippen molar-refractivity contribution in [2.45, 2.75) is 71.0 Å². The SMILES string of the molecule is CCCCCCCC(=O)OCC(O)C(C)(C)O. The van der Waals surface area contributed by atoms with Crippen molar-refractivity contribution in [2.24, 2.45) is 0 Å². The van der Waals surface area contributed by atoms with Crippen molar-refractivity contribution in [3.63, 3.8) is 0 Å². The van der Waals surface area contributed by atoms with Crippen molar-refractivity contribution in [3.8, 4) is 0 Å². The van der Waals surface area contributed by atoms with E-state index in [-0.39, 0.29) is 12.6 Å². The summed E-state index contributed by atoms with van der Waals surface area (Å²) in [4.78, 5) is 11.3. The summed E-state index contributed by atoms with van der Waals surface area (Å²) in [7, 11) is 0. The molecule has 102 valence electrons. The number of hydrogen-bond donors (Lipinski definition) is 2. The van der Waals surface area contributed by atoms with Crippen LogP contribution in [0, 0.1) is 0 Å². The molecule has 17 heavy (non-hydrogen) atoms. The Morgan fingerprint density at radius 1 is 1.24 bits per heavy atom. The summed E-state index contributed by atoms with van der Waals surface area (Å²) in [5.41, 5.74) is -1.23. The highest BCUT2D eigenvalue weighted by molar-refractivity contribution is 5.69. The fraction of sp³-hybridized carbons (Fsp3) is 0.923. The molecule has 0 aromatic rings. The minimum absolute atomic E-state index is 0.142. The van der Waals surface area contributed by atoms with E-state index < -0.39 is 11.7 Å². The van der Waals surface area contributed by atoms with Crippen LogP contribution in [0.2, 0.25) is 0 Å². The van der Waals surface area contributed by atoms with Crippen molar-refractivity contribution >= 4 is 5.97 Å². The first kappa shape index (κ1) is 16.4. The summed E-state index contributed by atoms with van der Waals surface area (Å²) in [6.45, 7) is 4.97. The number of carbonyl (C=O) groups excluding carboxylic acids is 1. The van der Waals surface area contributed by atoms with Gasteiger partial charge in [0.15, 0.2) is 0 Å². The molecule has 0 saturated carbocycles. The van der Waals surface area contributed by atoms with Gasteiger partial charge in [-0.2, -0.15) is 0 Å². The highest BCUT2D eigenvalue weighted by atomic mass is 16.5. The van der Waals surface area contributed by atoms with Gasteiger partial charge in [-0.15, -0.1) is 0 Å². The highest BCUT2D eigenvalue weighted by Gasteiger charge is 2.25. The molecular formula is C13H26O4. The number of carbonyl (C=O) groups is 1. The second-order valence-corrected chi connectivity index (χ2v) is 5.02. The summed E-state index contributed by atoms with van der Waals surface area (Å²) in [5, 5.41) is 18.9. The van der Waals surface area contributed by atoms with Crippen molar-refractivity contribution in [1.29, 1.82) is 0 Å². The van der Waals surface area contributed by atoms with Gasteiger partial charge >= 0.3 is 5.97 Å². The lowest BCUT2D eigenvalue weighted by Crippen LogP contribution is -2.39. The Kier molecular flexibility index (Phi) is 8.17. The van der Waals surface area contributed by atoms with Gasteiger partial charge in [-0.1, -0.05) is 32.6 Å². The molecule has 0 aromatic carbocycles. The van der Waals surface area contributed by atoms with Crippen LogP contribution in [0.25, 0.3) is 0 Å². The predicted molar refractivity (Wildman–Crippen MR) is 66.6 cm³/mol. The van der Waals surface area contributed by atoms with Gasteiger partial charge in [0.25, 0.3) is 0 Å². The number of aliphatic hydroxyl groups is 2. The van der Waals surface area contributed by atoms with Crippen molar-refractivity contribution in [3.05, 3.63) is 0 Å². The maximum Gasteiger partial charge on any atom is 0.305 e. The van der Waals surface area contributed by atoms with E-state index >= 15 is 0 Å². The molecular weight excluding hydrogens is 220 g/mol. The smallest absolute Gasteiger partial charge is 0.305 e. The zero-order valence-electron chi connectivity index (χ0n) is 11.2. The molecule has 4 heteroatoms. The number of unbranched alkanes of at least 4 members (excludes halogenated alkanes) is 4. The van der Waals surface area contributed by atoms with E-state index in [0.717, 1.165) is 19.3 Å². The van der Waals surface area contributed by atoms with Crippen LogP contribution in [0.1, 0.15) is 59.3 Å². The Morgan fingerprint density at radius 3 is 2.35 bits per heavy atom. The first-order valence-electron chi connectivity index (χ1n) is 6.44. The molecule has 0 aliphatic rings. The number of ether oxygens (including phenoxy) is 1. The van der Waals surface area contributed by atoms with Crippen LogP contribution in [0.4, 0.5) is 0 Å². The van der Waals surface area contributed by atoms with Crippen molar-refractivity contribution in [2.75, 3.05) is 6.61 Å². The first-order valence-corrected chi connectivity index (χ1v) is 6.44. The third kappa shape index (κ3) is 9.12. The largest absolute Gasteiger partial charge is 0.463 e. The monoisotopic (exact) mass is 246 g/mol. The molecule has 4 nitrogen and oxygen atoms in total. The second kappa shape index (κ2) is 8.48. The molecule has 0 bridgehead atoms. The zero-order chi connectivity index (χ0) is 13.3. The lowest BCUT2D eigenvalue weighted by Gasteiger charge is -2.23. The van der Waals surface area contributed by atoms with E-state index in [1.807, 2.05) is 0 Å². The minimum Gasteiger partial charge on any atom is -0.463 e. The molecule has 0 amide bonds. The Bertz CT molecular complexity index is 208. The number of aliphatic hydroxyl groups excluding tert-OH is 1. The van der Waals surface area contributed by atoms with Crippen LogP contribution < -0.4 is 0 Å². The van der Waals surface area contributed by atoms with Gasteiger partial charge in [-0.3, -0.25) is 4.79 Å². The topological polar surface area (TPSA) is 66.8 Å². The molecule has 0 saturated heterocycles. The van der Waals surface area contributed by atoms with Gasteiger partial charge < -0.3 is 14.9 Å². The zero-order valence-corrected chi connectivity index (χ0v) is 11.2. The lowest BCUT2D eigenvalue weighted by atomic mass is 10.0. The van der Waals surface area contributed by atoms with E-state index in [9.17, 15) is 15.0 Å². The summed E-state index contributed by atoms with van der Waals surface area (Å²) < 4.78 is 4.89. The number of rotatable bonds is 9. The van der Waals surface area contributed by atoms with Gasteiger partial charge in [-0.05, 0) is 20.3 Å². The molecule has 0 aromatic heterocycles.